The quantitative estimate of drug-likeness (QED) is 0.413. The van der Waals surface area contributed by atoms with Crippen molar-refractivity contribution in [2.24, 2.45) is 0 Å². The van der Waals surface area contributed by atoms with E-state index in [4.69, 9.17) is 9.16 Å². The molecular weight excluding hydrogens is 450 g/mol. The Morgan fingerprint density at radius 1 is 1.16 bits per heavy atom. The van der Waals surface area contributed by atoms with E-state index < -0.39 is 38.6 Å². The van der Waals surface area contributed by atoms with Crippen molar-refractivity contribution < 1.29 is 33.7 Å². The minimum atomic E-state index is -2.53. The third-order valence-corrected chi connectivity index (χ3v) is 10.9. The zero-order chi connectivity index (χ0) is 24.1. The van der Waals surface area contributed by atoms with Crippen LogP contribution in [0.4, 0.5) is 0 Å². The average Bonchev–Trinajstić information content (AvgIpc) is 3.24. The van der Waals surface area contributed by atoms with E-state index in [-0.39, 0.29) is 22.3 Å². The van der Waals surface area contributed by atoms with E-state index in [0.29, 0.717) is 0 Å². The van der Waals surface area contributed by atoms with Crippen molar-refractivity contribution >= 4 is 31.6 Å². The summed E-state index contributed by atoms with van der Waals surface area (Å²) in [5.74, 6) is -1.44. The van der Waals surface area contributed by atoms with Crippen LogP contribution >= 0.6 is 11.3 Å². The van der Waals surface area contributed by atoms with Gasteiger partial charge in [0.15, 0.2) is 20.1 Å². The molecule has 2 aromatic rings. The zero-order valence-electron chi connectivity index (χ0n) is 19.2. The van der Waals surface area contributed by atoms with Crippen LogP contribution in [-0.4, -0.2) is 54.8 Å². The van der Waals surface area contributed by atoms with Crippen LogP contribution in [-0.2, 0) is 25.3 Å². The van der Waals surface area contributed by atoms with Gasteiger partial charge in [0.2, 0.25) is 0 Å². The largest absolute Gasteiger partial charge is 0.464 e. The number of hydrogen-bond acceptors (Lipinski definition) is 9. The number of carbonyl (C=O) groups excluding carboxylic acids is 2. The second-order valence-corrected chi connectivity index (χ2v) is 14.5. The van der Waals surface area contributed by atoms with Crippen LogP contribution in [0, 0.1) is 0 Å². The molecule has 32 heavy (non-hydrogen) atoms. The lowest BCUT2D eigenvalue weighted by atomic mass is 10.1. The Morgan fingerprint density at radius 2 is 1.78 bits per heavy atom. The molecule has 2 N–H and O–H groups in total. The molecule has 0 amide bonds. The first-order valence-electron chi connectivity index (χ1n) is 10.2. The van der Waals surface area contributed by atoms with Crippen LogP contribution in [0.1, 0.15) is 47.9 Å². The van der Waals surface area contributed by atoms with Crippen molar-refractivity contribution in [3.8, 4) is 0 Å². The van der Waals surface area contributed by atoms with Gasteiger partial charge in [-0.2, -0.15) is 0 Å². The van der Waals surface area contributed by atoms with Gasteiger partial charge in [-0.05, 0) is 23.7 Å². The van der Waals surface area contributed by atoms with Gasteiger partial charge in [-0.3, -0.25) is 0 Å². The highest BCUT2D eigenvalue weighted by Gasteiger charge is 2.45. The maximum absolute atomic E-state index is 13.0. The number of nitrogens with zero attached hydrogens (tertiary/aromatic N) is 1. The minimum Gasteiger partial charge on any atom is -0.464 e. The fraction of sp³-hybridized carbons (Fsp3) is 0.500. The molecule has 0 fully saturated rings. The van der Waals surface area contributed by atoms with Crippen molar-refractivity contribution in [3.05, 3.63) is 52.0 Å². The second-order valence-electron chi connectivity index (χ2n) is 8.89. The molecule has 176 valence electrons. The molecule has 0 aliphatic rings. The van der Waals surface area contributed by atoms with Gasteiger partial charge in [-0.1, -0.05) is 51.1 Å². The Balaban J connectivity index is 2.26. The van der Waals surface area contributed by atoms with Crippen molar-refractivity contribution in [1.82, 2.24) is 4.98 Å². The summed E-state index contributed by atoms with van der Waals surface area (Å²) in [6.07, 6.45) is -4.64. The highest BCUT2D eigenvalue weighted by Crippen LogP contribution is 2.38. The number of esters is 2. The van der Waals surface area contributed by atoms with E-state index in [9.17, 15) is 19.8 Å². The number of rotatable bonds is 9. The van der Waals surface area contributed by atoms with E-state index in [0.717, 1.165) is 16.9 Å². The zero-order valence-corrected chi connectivity index (χ0v) is 21.0. The molecule has 0 radical (unpaired) electrons. The number of carbonyl (C=O) groups is 2. The smallest absolute Gasteiger partial charge is 0.357 e. The first kappa shape index (κ1) is 26.1. The lowest BCUT2D eigenvalue weighted by Crippen LogP contribution is -2.51. The summed E-state index contributed by atoms with van der Waals surface area (Å²) in [4.78, 5) is 28.7. The molecule has 0 saturated carbocycles. The Morgan fingerprint density at radius 3 is 2.34 bits per heavy atom. The van der Waals surface area contributed by atoms with Gasteiger partial charge in [0.1, 0.15) is 23.8 Å². The number of thiazole rings is 1. The van der Waals surface area contributed by atoms with E-state index in [1.165, 1.54) is 12.5 Å². The average molecular weight is 482 g/mol. The highest BCUT2D eigenvalue weighted by atomic mass is 32.1. The fourth-order valence-electron chi connectivity index (χ4n) is 2.50. The number of methoxy groups -OCH3 is 1. The second kappa shape index (κ2) is 10.7. The molecule has 1 heterocycles. The van der Waals surface area contributed by atoms with Gasteiger partial charge < -0.3 is 24.1 Å². The Kier molecular flexibility index (Phi) is 8.72. The van der Waals surface area contributed by atoms with Crippen molar-refractivity contribution in [1.29, 1.82) is 0 Å². The van der Waals surface area contributed by atoms with E-state index >= 15 is 0 Å². The molecule has 0 saturated heterocycles. The van der Waals surface area contributed by atoms with Crippen LogP contribution in [0.3, 0.4) is 0 Å². The van der Waals surface area contributed by atoms with Gasteiger partial charge in [0, 0.05) is 5.38 Å². The third-order valence-electron chi connectivity index (χ3n) is 5.49. The predicted molar refractivity (Wildman–Crippen MR) is 123 cm³/mol. The molecule has 3 atom stereocenters. The van der Waals surface area contributed by atoms with Crippen LogP contribution < -0.4 is 0 Å². The summed E-state index contributed by atoms with van der Waals surface area (Å²) in [6.45, 7) is 9.86. The molecule has 0 unspecified atom stereocenters. The van der Waals surface area contributed by atoms with Gasteiger partial charge in [0.05, 0.1) is 7.11 Å². The van der Waals surface area contributed by atoms with Crippen molar-refractivity contribution in [2.75, 3.05) is 7.11 Å². The third kappa shape index (κ3) is 6.45. The first-order chi connectivity index (χ1) is 14.9. The summed E-state index contributed by atoms with van der Waals surface area (Å²) < 4.78 is 16.2. The molecule has 1 aromatic heterocycles. The maximum atomic E-state index is 13.0. The van der Waals surface area contributed by atoms with Gasteiger partial charge in [0.25, 0.3) is 0 Å². The highest BCUT2D eigenvalue weighted by molar-refractivity contribution is 7.09. The van der Waals surface area contributed by atoms with Crippen molar-refractivity contribution in [2.45, 2.75) is 63.8 Å². The van der Waals surface area contributed by atoms with Crippen LogP contribution in [0.2, 0.25) is 18.1 Å². The first-order valence-corrected chi connectivity index (χ1v) is 13.9. The maximum Gasteiger partial charge on any atom is 0.357 e. The molecule has 0 spiro atoms. The number of ether oxygens (including phenoxy) is 2. The molecule has 10 heteroatoms. The molecule has 8 nitrogen and oxygen atoms in total. The predicted octanol–water partition coefficient (Wildman–Crippen LogP) is 3.46. The Labute approximate surface area is 193 Å². The Hall–Kier alpha value is -2.11. The standard InChI is InChI=1S/C22H31NO7SSi/c1-22(2,3)32(5,6)30-18(21(27)29-12-14-10-8-7-9-11-14)16(24)17(25)19-23-15(13-31-19)20(26)28-4/h7-11,13,16-18,24-25H,12H2,1-6H3/t16-,17-,18-/m0/s1. The van der Waals surface area contributed by atoms with E-state index in [2.05, 4.69) is 9.72 Å². The molecular formula is C22H31NO7SSi. The number of hydrogen-bond donors (Lipinski definition) is 2. The van der Waals surface area contributed by atoms with Gasteiger partial charge in [-0.15, -0.1) is 11.3 Å². The number of aliphatic hydroxyl groups excluding tert-OH is 2. The molecule has 2 rings (SSSR count). The monoisotopic (exact) mass is 481 g/mol. The summed E-state index contributed by atoms with van der Waals surface area (Å²) in [5.41, 5.74) is 0.789. The van der Waals surface area contributed by atoms with Crippen LogP contribution in [0.5, 0.6) is 0 Å². The number of benzene rings is 1. The van der Waals surface area contributed by atoms with Crippen LogP contribution in [0.15, 0.2) is 35.7 Å². The molecule has 0 bridgehead atoms. The number of aromatic nitrogens is 1. The SMILES string of the molecule is COC(=O)c1csc([C@@H](O)[C@H](O)[C@H](O[Si](C)(C)C(C)(C)C)C(=O)OCc2ccccc2)n1. The minimum absolute atomic E-state index is 0.00356. The fourth-order valence-corrected chi connectivity index (χ4v) is 4.53. The molecule has 0 aliphatic heterocycles. The summed E-state index contributed by atoms with van der Waals surface area (Å²) in [7, 11) is -1.31. The Bertz CT molecular complexity index is 911. The van der Waals surface area contributed by atoms with Crippen molar-refractivity contribution in [3.63, 3.8) is 0 Å². The topological polar surface area (TPSA) is 115 Å². The van der Waals surface area contributed by atoms with E-state index in [1.807, 2.05) is 64.2 Å². The van der Waals surface area contributed by atoms with Gasteiger partial charge in [-0.25, -0.2) is 14.6 Å². The molecule has 0 aliphatic carbocycles. The van der Waals surface area contributed by atoms with Gasteiger partial charge >= 0.3 is 11.9 Å². The lowest BCUT2D eigenvalue weighted by Gasteiger charge is -2.40. The van der Waals surface area contributed by atoms with E-state index in [1.54, 1.807) is 0 Å². The lowest BCUT2D eigenvalue weighted by molar-refractivity contribution is -0.164. The number of aliphatic hydroxyl groups is 2. The summed E-state index contributed by atoms with van der Waals surface area (Å²) in [5, 5.41) is 22.9. The summed E-state index contributed by atoms with van der Waals surface area (Å²) in [6, 6.07) is 9.13. The molecule has 1 aromatic carbocycles. The van der Waals surface area contributed by atoms with Crippen LogP contribution in [0.25, 0.3) is 0 Å². The summed E-state index contributed by atoms with van der Waals surface area (Å²) >= 11 is 0.974. The normalized spacial score (nSPS) is 15.0.